The molecule has 1 heterocycles. The smallest absolute Gasteiger partial charge is 0.235 e. The molecule has 0 fully saturated rings. The molecule has 0 aliphatic rings. The van der Waals surface area contributed by atoms with Crippen LogP contribution >= 0.6 is 11.8 Å². The van der Waals surface area contributed by atoms with Gasteiger partial charge in [0.05, 0.1) is 5.25 Å². The maximum absolute atomic E-state index is 12.6. The SMILES string of the molecule is C=CCn1c(SC(C)C(=O)N(CC)CC)nnc1-c1ccc(C(C)(C)C)cc1. The third-order valence-corrected chi connectivity index (χ3v) is 5.81. The van der Waals surface area contributed by atoms with Gasteiger partial charge >= 0.3 is 0 Å². The van der Waals surface area contributed by atoms with Crippen molar-refractivity contribution in [3.63, 3.8) is 0 Å². The Morgan fingerprint density at radius 2 is 1.82 bits per heavy atom. The summed E-state index contributed by atoms with van der Waals surface area (Å²) in [4.78, 5) is 14.5. The number of allylic oxidation sites excluding steroid dienone is 1. The second kappa shape index (κ2) is 9.41. The summed E-state index contributed by atoms with van der Waals surface area (Å²) in [5.41, 5.74) is 2.39. The van der Waals surface area contributed by atoms with Gasteiger partial charge in [0.15, 0.2) is 11.0 Å². The highest BCUT2D eigenvalue weighted by molar-refractivity contribution is 8.00. The summed E-state index contributed by atoms with van der Waals surface area (Å²) < 4.78 is 2.02. The molecule has 1 atom stereocenters. The lowest BCUT2D eigenvalue weighted by atomic mass is 9.87. The third-order valence-electron chi connectivity index (χ3n) is 4.74. The van der Waals surface area contributed by atoms with Crippen molar-refractivity contribution in [3.05, 3.63) is 42.5 Å². The zero-order valence-electron chi connectivity index (χ0n) is 17.9. The van der Waals surface area contributed by atoms with E-state index in [1.807, 2.05) is 36.3 Å². The minimum absolute atomic E-state index is 0.106. The molecule has 152 valence electrons. The van der Waals surface area contributed by atoms with Crippen LogP contribution < -0.4 is 0 Å². The van der Waals surface area contributed by atoms with Gasteiger partial charge in [-0.15, -0.1) is 16.8 Å². The molecule has 0 aliphatic heterocycles. The predicted molar refractivity (Wildman–Crippen MR) is 118 cm³/mol. The van der Waals surface area contributed by atoms with Gasteiger partial charge in [-0.2, -0.15) is 0 Å². The van der Waals surface area contributed by atoms with E-state index in [1.165, 1.54) is 17.3 Å². The number of hydrogen-bond donors (Lipinski definition) is 0. The standard InChI is InChI=1S/C22H32N4OS/c1-8-15-26-19(17-11-13-18(14-12-17)22(5,6)7)23-24-21(26)28-16(4)20(27)25(9-2)10-3/h8,11-14,16H,1,9-10,15H2,2-7H3. The van der Waals surface area contributed by atoms with Gasteiger partial charge in [0, 0.05) is 25.2 Å². The van der Waals surface area contributed by atoms with Gasteiger partial charge in [0.25, 0.3) is 0 Å². The highest BCUT2D eigenvalue weighted by atomic mass is 32.2. The summed E-state index contributed by atoms with van der Waals surface area (Å²) in [5, 5.41) is 9.31. The number of nitrogens with zero attached hydrogens (tertiary/aromatic N) is 4. The molecule has 0 N–H and O–H groups in total. The molecule has 28 heavy (non-hydrogen) atoms. The van der Waals surface area contributed by atoms with Gasteiger partial charge in [0.1, 0.15) is 0 Å². The summed E-state index contributed by atoms with van der Waals surface area (Å²) in [6, 6.07) is 8.45. The average molecular weight is 401 g/mol. The largest absolute Gasteiger partial charge is 0.342 e. The summed E-state index contributed by atoms with van der Waals surface area (Å²) in [7, 11) is 0. The van der Waals surface area contributed by atoms with E-state index in [9.17, 15) is 4.79 Å². The number of aromatic nitrogens is 3. The van der Waals surface area contributed by atoms with E-state index in [-0.39, 0.29) is 16.6 Å². The number of rotatable bonds is 8. The van der Waals surface area contributed by atoms with Crippen LogP contribution in [0, 0.1) is 0 Å². The maximum atomic E-state index is 12.6. The van der Waals surface area contributed by atoms with Gasteiger partial charge in [-0.1, -0.05) is 62.9 Å². The van der Waals surface area contributed by atoms with Crippen LogP contribution in [0.1, 0.15) is 47.1 Å². The van der Waals surface area contributed by atoms with Crippen molar-refractivity contribution in [3.8, 4) is 11.4 Å². The summed E-state index contributed by atoms with van der Waals surface area (Å²) >= 11 is 1.45. The normalized spacial score (nSPS) is 12.6. The Morgan fingerprint density at radius 3 is 2.32 bits per heavy atom. The molecule has 1 amide bonds. The van der Waals surface area contributed by atoms with E-state index in [4.69, 9.17) is 0 Å². The summed E-state index contributed by atoms with van der Waals surface area (Å²) in [6.07, 6.45) is 1.83. The quantitative estimate of drug-likeness (QED) is 0.473. The maximum Gasteiger partial charge on any atom is 0.235 e. The van der Waals surface area contributed by atoms with E-state index < -0.39 is 0 Å². The molecular weight excluding hydrogens is 368 g/mol. The zero-order chi connectivity index (χ0) is 20.9. The lowest BCUT2D eigenvalue weighted by molar-refractivity contribution is -0.129. The molecule has 0 bridgehead atoms. The Hall–Kier alpha value is -2.08. The lowest BCUT2D eigenvalue weighted by Crippen LogP contribution is -2.36. The monoisotopic (exact) mass is 400 g/mol. The zero-order valence-corrected chi connectivity index (χ0v) is 18.7. The first kappa shape index (κ1) is 22.2. The third kappa shape index (κ3) is 5.04. The van der Waals surface area contributed by atoms with Crippen molar-refractivity contribution in [2.24, 2.45) is 0 Å². The highest BCUT2D eigenvalue weighted by Gasteiger charge is 2.23. The fourth-order valence-electron chi connectivity index (χ4n) is 3.00. The molecular formula is C22H32N4OS. The van der Waals surface area contributed by atoms with E-state index >= 15 is 0 Å². The van der Waals surface area contributed by atoms with Crippen LogP contribution in [0.25, 0.3) is 11.4 Å². The van der Waals surface area contributed by atoms with Crippen LogP contribution in [0.5, 0.6) is 0 Å². The van der Waals surface area contributed by atoms with Crippen LogP contribution in [0.2, 0.25) is 0 Å². The Kier molecular flexibility index (Phi) is 7.47. The lowest BCUT2D eigenvalue weighted by Gasteiger charge is -2.22. The Labute approximate surface area is 173 Å². The Bertz CT molecular complexity index is 801. The molecule has 1 unspecified atom stereocenters. The van der Waals surface area contributed by atoms with Crippen molar-refractivity contribution in [1.29, 1.82) is 0 Å². The van der Waals surface area contributed by atoms with E-state index in [0.717, 1.165) is 16.5 Å². The fraction of sp³-hybridized carbons (Fsp3) is 0.500. The minimum atomic E-state index is -0.219. The fourth-order valence-corrected chi connectivity index (χ4v) is 3.95. The van der Waals surface area contributed by atoms with Gasteiger partial charge in [0.2, 0.25) is 5.91 Å². The number of carbonyl (C=O) groups excluding carboxylic acids is 1. The number of carbonyl (C=O) groups is 1. The van der Waals surface area contributed by atoms with Crippen LogP contribution in [0.4, 0.5) is 0 Å². The van der Waals surface area contributed by atoms with Crippen molar-refractivity contribution in [2.45, 2.75) is 63.9 Å². The van der Waals surface area contributed by atoms with Gasteiger partial charge in [-0.3, -0.25) is 9.36 Å². The molecule has 0 aliphatic carbocycles. The first-order valence-electron chi connectivity index (χ1n) is 9.83. The van der Waals surface area contributed by atoms with Crippen molar-refractivity contribution < 1.29 is 4.79 Å². The van der Waals surface area contributed by atoms with Crippen LogP contribution in [0.3, 0.4) is 0 Å². The molecule has 2 aromatic rings. The minimum Gasteiger partial charge on any atom is -0.342 e. The average Bonchev–Trinajstić information content (AvgIpc) is 3.04. The molecule has 0 spiro atoms. The van der Waals surface area contributed by atoms with Crippen LogP contribution in [-0.2, 0) is 16.8 Å². The van der Waals surface area contributed by atoms with Crippen LogP contribution in [0.15, 0.2) is 42.1 Å². The Morgan fingerprint density at radius 1 is 1.21 bits per heavy atom. The summed E-state index contributed by atoms with van der Waals surface area (Å²) in [6.45, 7) is 18.4. The first-order chi connectivity index (χ1) is 13.2. The molecule has 0 saturated carbocycles. The van der Waals surface area contributed by atoms with E-state index in [1.54, 1.807) is 0 Å². The van der Waals surface area contributed by atoms with Crippen molar-refractivity contribution in [1.82, 2.24) is 19.7 Å². The van der Waals surface area contributed by atoms with Gasteiger partial charge in [-0.25, -0.2) is 0 Å². The van der Waals surface area contributed by atoms with Crippen LogP contribution in [-0.4, -0.2) is 43.9 Å². The number of hydrogen-bond acceptors (Lipinski definition) is 4. The topological polar surface area (TPSA) is 51.0 Å². The second-order valence-corrected chi connectivity index (χ2v) is 9.11. The molecule has 0 saturated heterocycles. The van der Waals surface area contributed by atoms with Gasteiger partial charge in [-0.05, 0) is 31.7 Å². The van der Waals surface area contributed by atoms with Crippen molar-refractivity contribution in [2.75, 3.05) is 13.1 Å². The predicted octanol–water partition coefficient (Wildman–Crippen LogP) is 4.78. The molecule has 2 rings (SSSR count). The van der Waals surface area contributed by atoms with E-state index in [0.29, 0.717) is 19.6 Å². The number of amides is 1. The highest BCUT2D eigenvalue weighted by Crippen LogP contribution is 2.29. The number of benzene rings is 1. The second-order valence-electron chi connectivity index (χ2n) is 7.80. The van der Waals surface area contributed by atoms with Gasteiger partial charge < -0.3 is 4.90 Å². The number of thioether (sulfide) groups is 1. The molecule has 1 aromatic heterocycles. The molecule has 0 radical (unpaired) electrons. The summed E-state index contributed by atoms with van der Waals surface area (Å²) in [5.74, 6) is 0.921. The molecule has 1 aromatic carbocycles. The first-order valence-corrected chi connectivity index (χ1v) is 10.7. The molecule has 6 heteroatoms. The van der Waals surface area contributed by atoms with Crippen molar-refractivity contribution >= 4 is 17.7 Å². The molecule has 5 nitrogen and oxygen atoms in total. The van der Waals surface area contributed by atoms with E-state index in [2.05, 4.69) is 61.8 Å². The Balaban J connectivity index is 2.30.